The van der Waals surface area contributed by atoms with E-state index in [1.165, 1.54) is 0 Å². The van der Waals surface area contributed by atoms with Gasteiger partial charge in [0.2, 0.25) is 11.8 Å². The predicted molar refractivity (Wildman–Crippen MR) is 128 cm³/mol. The summed E-state index contributed by atoms with van der Waals surface area (Å²) >= 11 is 10.9. The fourth-order valence-corrected chi connectivity index (χ4v) is 5.64. The van der Waals surface area contributed by atoms with E-state index in [9.17, 15) is 19.2 Å². The molecule has 33 heavy (non-hydrogen) atoms. The third-order valence-corrected chi connectivity index (χ3v) is 7.44. The van der Waals surface area contributed by atoms with Crippen molar-refractivity contribution in [2.24, 2.45) is 0 Å². The molecule has 4 aliphatic rings. The van der Waals surface area contributed by atoms with E-state index in [4.69, 9.17) is 24.4 Å². The summed E-state index contributed by atoms with van der Waals surface area (Å²) in [7, 11) is 0. The smallest absolute Gasteiger partial charge is 0.263 e. The standard InChI is InChI=1S/C25H14N2O4S2/c28-22-16-9-12-5-1-3-7-14(12)18(20(16)32)24(30)26(22)11-27-23(29)17-10-13-6-2-4-8-15(13)19(21(17)33)25(27)31/h1-10,18-19H,11H2. The monoisotopic (exact) mass is 470 g/mol. The molecule has 2 aliphatic heterocycles. The first-order valence-electron chi connectivity index (χ1n) is 10.3. The maximum Gasteiger partial charge on any atom is 0.263 e. The molecule has 4 amide bonds. The third-order valence-electron chi connectivity index (χ3n) is 6.53. The van der Waals surface area contributed by atoms with Gasteiger partial charge in [-0.1, -0.05) is 73.0 Å². The fraction of sp³-hybridized carbons (Fsp3) is 0.120. The van der Waals surface area contributed by atoms with Crippen LogP contribution in [0.3, 0.4) is 0 Å². The minimum atomic E-state index is -0.801. The number of benzene rings is 2. The second kappa shape index (κ2) is 6.94. The van der Waals surface area contributed by atoms with E-state index in [1.54, 1.807) is 36.4 Å². The Morgan fingerprint density at radius 3 is 1.45 bits per heavy atom. The summed E-state index contributed by atoms with van der Waals surface area (Å²) in [6.07, 6.45) is 3.33. The molecule has 2 heterocycles. The Morgan fingerprint density at radius 2 is 1.03 bits per heavy atom. The molecule has 2 atom stereocenters. The first kappa shape index (κ1) is 20.0. The summed E-state index contributed by atoms with van der Waals surface area (Å²) in [5.41, 5.74) is 3.42. The van der Waals surface area contributed by atoms with Crippen molar-refractivity contribution in [1.29, 1.82) is 0 Å². The molecule has 2 aromatic rings. The highest BCUT2D eigenvalue weighted by Crippen LogP contribution is 2.40. The molecule has 2 fully saturated rings. The molecule has 6 rings (SSSR count). The number of fused-ring (bicyclic) bond motifs is 8. The molecule has 8 heteroatoms. The van der Waals surface area contributed by atoms with Gasteiger partial charge in [-0.25, -0.2) is 0 Å². The van der Waals surface area contributed by atoms with Crippen LogP contribution in [0.25, 0.3) is 12.2 Å². The zero-order valence-corrected chi connectivity index (χ0v) is 18.6. The lowest BCUT2D eigenvalue weighted by atomic mass is 9.78. The lowest BCUT2D eigenvalue weighted by Gasteiger charge is -2.41. The molecule has 2 unspecified atom stereocenters. The van der Waals surface area contributed by atoms with E-state index in [0.29, 0.717) is 11.1 Å². The number of carbonyl (C=O) groups excluding carboxylic acids is 4. The number of likely N-dealkylation sites (tertiary alicyclic amines) is 2. The minimum Gasteiger partial charge on any atom is -0.273 e. The Balaban J connectivity index is 1.39. The molecule has 2 aromatic carbocycles. The predicted octanol–water partition coefficient (Wildman–Crippen LogP) is 2.78. The maximum atomic E-state index is 13.4. The highest BCUT2D eigenvalue weighted by atomic mass is 32.1. The van der Waals surface area contributed by atoms with E-state index in [0.717, 1.165) is 20.9 Å². The lowest BCUT2D eigenvalue weighted by Crippen LogP contribution is -2.59. The van der Waals surface area contributed by atoms with Crippen molar-refractivity contribution in [3.05, 3.63) is 81.9 Å². The molecule has 0 radical (unpaired) electrons. The molecule has 0 N–H and O–H groups in total. The largest absolute Gasteiger partial charge is 0.273 e. The van der Waals surface area contributed by atoms with Crippen LogP contribution in [0.4, 0.5) is 0 Å². The number of rotatable bonds is 2. The van der Waals surface area contributed by atoms with Crippen LogP contribution in [0.5, 0.6) is 0 Å². The number of amides is 4. The van der Waals surface area contributed by atoms with E-state index in [2.05, 4.69) is 0 Å². The van der Waals surface area contributed by atoms with Crippen LogP contribution in [0.1, 0.15) is 34.1 Å². The van der Waals surface area contributed by atoms with Gasteiger partial charge in [-0.15, -0.1) is 0 Å². The first-order chi connectivity index (χ1) is 15.9. The van der Waals surface area contributed by atoms with Crippen LogP contribution >= 0.6 is 24.4 Å². The average Bonchev–Trinajstić information content (AvgIpc) is 2.81. The van der Waals surface area contributed by atoms with Gasteiger partial charge in [-0.05, 0) is 34.4 Å². The second-order valence-corrected chi connectivity index (χ2v) is 9.13. The zero-order chi connectivity index (χ0) is 23.0. The van der Waals surface area contributed by atoms with Gasteiger partial charge in [-0.2, -0.15) is 0 Å². The normalized spacial score (nSPS) is 23.3. The SMILES string of the molecule is O=C1C2=Cc3ccccc3C(C(=O)N1CN1C(=O)C3=Cc4ccccc4C(C1=O)C3=S)C2=S. The second-order valence-electron chi connectivity index (χ2n) is 8.25. The molecule has 4 bridgehead atoms. The Morgan fingerprint density at radius 1 is 0.636 bits per heavy atom. The van der Waals surface area contributed by atoms with E-state index in [1.807, 2.05) is 24.3 Å². The number of hydrogen-bond acceptors (Lipinski definition) is 6. The Labute approximate surface area is 199 Å². The Bertz CT molecular complexity index is 1330. The summed E-state index contributed by atoms with van der Waals surface area (Å²) in [5.74, 6) is -3.90. The molecular weight excluding hydrogens is 456 g/mol. The number of hydrogen-bond donors (Lipinski definition) is 0. The van der Waals surface area contributed by atoms with E-state index in [-0.39, 0.29) is 20.9 Å². The summed E-state index contributed by atoms with van der Waals surface area (Å²) < 4.78 is 0. The van der Waals surface area contributed by atoms with Crippen LogP contribution in [0.2, 0.25) is 0 Å². The van der Waals surface area contributed by atoms with Crippen molar-refractivity contribution in [2.45, 2.75) is 11.8 Å². The van der Waals surface area contributed by atoms with Gasteiger partial charge in [0.1, 0.15) is 18.5 Å². The minimum absolute atomic E-state index is 0.241. The van der Waals surface area contributed by atoms with Crippen molar-refractivity contribution in [2.75, 3.05) is 6.67 Å². The van der Waals surface area contributed by atoms with Gasteiger partial charge < -0.3 is 0 Å². The van der Waals surface area contributed by atoms with Gasteiger partial charge in [-0.3, -0.25) is 29.0 Å². The number of piperidine rings is 2. The number of thiocarbonyl (C=S) groups is 2. The van der Waals surface area contributed by atoms with Crippen LogP contribution < -0.4 is 0 Å². The molecule has 6 nitrogen and oxygen atoms in total. The molecule has 2 aliphatic carbocycles. The van der Waals surface area contributed by atoms with Crippen molar-refractivity contribution < 1.29 is 19.2 Å². The molecule has 2 saturated heterocycles. The fourth-order valence-electron chi connectivity index (χ4n) is 4.89. The van der Waals surface area contributed by atoms with Gasteiger partial charge in [0.15, 0.2) is 0 Å². The quantitative estimate of drug-likeness (QED) is 0.497. The zero-order valence-electron chi connectivity index (χ0n) is 17.0. The Kier molecular flexibility index (Phi) is 4.21. The summed E-state index contributed by atoms with van der Waals surface area (Å²) in [6, 6.07) is 14.5. The Hall–Kier alpha value is -3.62. The number of carbonyl (C=O) groups is 4. The summed E-state index contributed by atoms with van der Waals surface area (Å²) in [5, 5.41) is 0. The van der Waals surface area contributed by atoms with Crippen molar-refractivity contribution in [3.8, 4) is 0 Å². The van der Waals surface area contributed by atoms with Crippen LogP contribution in [-0.4, -0.2) is 49.8 Å². The lowest BCUT2D eigenvalue weighted by molar-refractivity contribution is -0.152. The van der Waals surface area contributed by atoms with Crippen LogP contribution in [-0.2, 0) is 19.2 Å². The number of imide groups is 2. The average molecular weight is 471 g/mol. The number of nitrogens with zero attached hydrogens (tertiary/aromatic N) is 2. The molecule has 0 aromatic heterocycles. The van der Waals surface area contributed by atoms with E-state index < -0.39 is 42.1 Å². The summed E-state index contributed by atoms with van der Waals surface area (Å²) in [6.45, 7) is -0.480. The maximum absolute atomic E-state index is 13.4. The highest BCUT2D eigenvalue weighted by Gasteiger charge is 2.50. The molecule has 0 saturated carbocycles. The van der Waals surface area contributed by atoms with Crippen molar-refractivity contribution in [3.63, 3.8) is 0 Å². The molecule has 0 spiro atoms. The van der Waals surface area contributed by atoms with Gasteiger partial charge in [0, 0.05) is 9.73 Å². The van der Waals surface area contributed by atoms with Gasteiger partial charge in [0.25, 0.3) is 11.8 Å². The van der Waals surface area contributed by atoms with Crippen LogP contribution in [0, 0.1) is 0 Å². The van der Waals surface area contributed by atoms with Crippen molar-refractivity contribution >= 4 is 69.9 Å². The third kappa shape index (κ3) is 2.65. The van der Waals surface area contributed by atoms with Gasteiger partial charge in [0.05, 0.1) is 11.1 Å². The first-order valence-corrected chi connectivity index (χ1v) is 11.1. The van der Waals surface area contributed by atoms with Gasteiger partial charge >= 0.3 is 0 Å². The highest BCUT2D eigenvalue weighted by molar-refractivity contribution is 7.81. The van der Waals surface area contributed by atoms with Crippen molar-refractivity contribution in [1.82, 2.24) is 9.80 Å². The topological polar surface area (TPSA) is 74.8 Å². The van der Waals surface area contributed by atoms with Crippen LogP contribution in [0.15, 0.2) is 59.7 Å². The van der Waals surface area contributed by atoms with E-state index >= 15 is 0 Å². The molecule has 160 valence electrons. The summed E-state index contributed by atoms with van der Waals surface area (Å²) in [4.78, 5) is 55.7. The molecular formula is C25H14N2O4S2.